The van der Waals surface area contributed by atoms with E-state index in [-0.39, 0.29) is 24.2 Å². The molecule has 138 valence electrons. The Morgan fingerprint density at radius 3 is 2.38 bits per heavy atom. The van der Waals surface area contributed by atoms with Crippen molar-refractivity contribution in [2.45, 2.75) is 38.3 Å². The van der Waals surface area contributed by atoms with Crippen molar-refractivity contribution in [2.24, 2.45) is 5.92 Å². The number of carbonyl (C=O) groups is 1. The smallest absolute Gasteiger partial charge is 0.223 e. The van der Waals surface area contributed by atoms with Crippen LogP contribution in [0.3, 0.4) is 0 Å². The molecule has 0 heterocycles. The average Bonchev–Trinajstić information content (AvgIpc) is 2.68. The predicted octanol–water partition coefficient (Wildman–Crippen LogP) is 4.54. The van der Waals surface area contributed by atoms with Gasteiger partial charge in [0.25, 0.3) is 0 Å². The standard InChI is InChI=1S/C21H24ClFN2O/c1-24-19-9-4-15(5-10-19)21(26)25-13-17-12-16(6-11-20(17)23)14-2-7-18(22)8-3-14/h2-3,6-8,11-12,15,19,24H,4-5,9-10,13H2,1H3,(H,25,26). The summed E-state index contributed by atoms with van der Waals surface area (Å²) in [6, 6.07) is 12.9. The zero-order valence-electron chi connectivity index (χ0n) is 14.9. The highest BCUT2D eigenvalue weighted by atomic mass is 35.5. The maximum Gasteiger partial charge on any atom is 0.223 e. The van der Waals surface area contributed by atoms with Crippen molar-refractivity contribution in [1.82, 2.24) is 10.6 Å². The van der Waals surface area contributed by atoms with E-state index < -0.39 is 0 Å². The SMILES string of the molecule is CNC1CCC(C(=O)NCc2cc(-c3ccc(Cl)cc3)ccc2F)CC1. The van der Waals surface area contributed by atoms with Crippen molar-refractivity contribution >= 4 is 17.5 Å². The van der Waals surface area contributed by atoms with E-state index in [2.05, 4.69) is 10.6 Å². The van der Waals surface area contributed by atoms with Crippen LogP contribution in [-0.2, 0) is 11.3 Å². The molecular formula is C21H24ClFN2O. The van der Waals surface area contributed by atoms with E-state index >= 15 is 0 Å². The highest BCUT2D eigenvalue weighted by Gasteiger charge is 2.25. The van der Waals surface area contributed by atoms with Gasteiger partial charge in [0.2, 0.25) is 5.91 Å². The van der Waals surface area contributed by atoms with Gasteiger partial charge in [-0.3, -0.25) is 4.79 Å². The second-order valence-corrected chi connectivity index (χ2v) is 7.30. The normalized spacial score (nSPS) is 20.0. The number of benzene rings is 2. The van der Waals surface area contributed by atoms with Gasteiger partial charge in [0, 0.05) is 29.1 Å². The molecule has 1 fully saturated rings. The minimum absolute atomic E-state index is 0.0239. The van der Waals surface area contributed by atoms with Crippen LogP contribution < -0.4 is 10.6 Å². The third-order valence-corrected chi connectivity index (χ3v) is 5.43. The molecule has 2 aromatic carbocycles. The molecule has 3 rings (SSSR count). The fourth-order valence-corrected chi connectivity index (χ4v) is 3.63. The predicted molar refractivity (Wildman–Crippen MR) is 103 cm³/mol. The van der Waals surface area contributed by atoms with Crippen molar-refractivity contribution < 1.29 is 9.18 Å². The number of rotatable bonds is 5. The summed E-state index contributed by atoms with van der Waals surface area (Å²) in [6.45, 7) is 0.206. The van der Waals surface area contributed by atoms with E-state index in [1.165, 1.54) is 6.07 Å². The molecule has 0 unspecified atom stereocenters. The molecule has 26 heavy (non-hydrogen) atoms. The van der Waals surface area contributed by atoms with Crippen molar-refractivity contribution in [1.29, 1.82) is 0 Å². The fraction of sp³-hybridized carbons (Fsp3) is 0.381. The highest BCUT2D eigenvalue weighted by Crippen LogP contribution is 2.26. The lowest BCUT2D eigenvalue weighted by Crippen LogP contribution is -2.37. The summed E-state index contributed by atoms with van der Waals surface area (Å²) in [5.74, 6) is -0.250. The first-order chi connectivity index (χ1) is 12.6. The molecule has 5 heteroatoms. The number of amides is 1. The maximum atomic E-state index is 14.2. The molecular weight excluding hydrogens is 351 g/mol. The minimum Gasteiger partial charge on any atom is -0.352 e. The summed E-state index contributed by atoms with van der Waals surface area (Å²) >= 11 is 5.92. The van der Waals surface area contributed by atoms with Gasteiger partial charge >= 0.3 is 0 Å². The number of hydrogen-bond donors (Lipinski definition) is 2. The van der Waals surface area contributed by atoms with Crippen LogP contribution >= 0.6 is 11.6 Å². The molecule has 1 aliphatic rings. The van der Waals surface area contributed by atoms with E-state index in [9.17, 15) is 9.18 Å². The minimum atomic E-state index is -0.304. The van der Waals surface area contributed by atoms with Crippen LogP contribution in [0.4, 0.5) is 4.39 Å². The van der Waals surface area contributed by atoms with Crippen LogP contribution in [0.5, 0.6) is 0 Å². The van der Waals surface area contributed by atoms with E-state index in [1.807, 2.05) is 31.3 Å². The zero-order valence-corrected chi connectivity index (χ0v) is 15.7. The van der Waals surface area contributed by atoms with Gasteiger partial charge in [0.1, 0.15) is 5.82 Å². The Labute approximate surface area is 158 Å². The van der Waals surface area contributed by atoms with Crippen molar-refractivity contribution in [2.75, 3.05) is 7.05 Å². The molecule has 0 aliphatic heterocycles. The Bertz CT molecular complexity index is 755. The summed E-state index contributed by atoms with van der Waals surface area (Å²) in [6.07, 6.45) is 3.78. The quantitative estimate of drug-likeness (QED) is 0.806. The topological polar surface area (TPSA) is 41.1 Å². The van der Waals surface area contributed by atoms with Gasteiger partial charge in [-0.25, -0.2) is 4.39 Å². The fourth-order valence-electron chi connectivity index (χ4n) is 3.50. The van der Waals surface area contributed by atoms with Gasteiger partial charge in [-0.2, -0.15) is 0 Å². The van der Waals surface area contributed by atoms with E-state index in [0.29, 0.717) is 16.6 Å². The van der Waals surface area contributed by atoms with Crippen LogP contribution in [0.15, 0.2) is 42.5 Å². The van der Waals surface area contributed by atoms with Gasteiger partial charge in [0.05, 0.1) is 0 Å². The maximum absolute atomic E-state index is 14.2. The molecule has 0 saturated heterocycles. The number of hydrogen-bond acceptors (Lipinski definition) is 2. The van der Waals surface area contributed by atoms with Gasteiger partial charge in [-0.05, 0) is 68.1 Å². The molecule has 2 aromatic rings. The first-order valence-electron chi connectivity index (χ1n) is 9.06. The zero-order chi connectivity index (χ0) is 18.5. The lowest BCUT2D eigenvalue weighted by atomic mass is 9.85. The van der Waals surface area contributed by atoms with Crippen LogP contribution in [-0.4, -0.2) is 19.0 Å². The molecule has 1 amide bonds. The Morgan fingerprint density at radius 1 is 1.08 bits per heavy atom. The van der Waals surface area contributed by atoms with Crippen molar-refractivity contribution in [3.63, 3.8) is 0 Å². The third kappa shape index (κ3) is 4.63. The summed E-state index contributed by atoms with van der Waals surface area (Å²) < 4.78 is 14.2. The van der Waals surface area contributed by atoms with Crippen LogP contribution in [0.1, 0.15) is 31.2 Å². The number of nitrogens with one attached hydrogen (secondary N) is 2. The lowest BCUT2D eigenvalue weighted by molar-refractivity contribution is -0.126. The molecule has 1 saturated carbocycles. The van der Waals surface area contributed by atoms with Crippen molar-refractivity contribution in [3.8, 4) is 11.1 Å². The molecule has 0 aromatic heterocycles. The third-order valence-electron chi connectivity index (χ3n) is 5.18. The summed E-state index contributed by atoms with van der Waals surface area (Å²) in [7, 11) is 1.96. The van der Waals surface area contributed by atoms with Gasteiger partial charge < -0.3 is 10.6 Å². The van der Waals surface area contributed by atoms with E-state index in [0.717, 1.165) is 36.8 Å². The van der Waals surface area contributed by atoms with Gasteiger partial charge in [-0.1, -0.05) is 29.8 Å². The molecule has 0 radical (unpaired) electrons. The molecule has 3 nitrogen and oxygen atoms in total. The Hall–Kier alpha value is -1.91. The van der Waals surface area contributed by atoms with Gasteiger partial charge in [-0.15, -0.1) is 0 Å². The first-order valence-corrected chi connectivity index (χ1v) is 9.44. The molecule has 0 spiro atoms. The Kier molecular flexibility index (Phi) is 6.28. The van der Waals surface area contributed by atoms with E-state index in [4.69, 9.17) is 11.6 Å². The molecule has 0 bridgehead atoms. The van der Waals surface area contributed by atoms with E-state index in [1.54, 1.807) is 12.1 Å². The highest BCUT2D eigenvalue weighted by molar-refractivity contribution is 6.30. The molecule has 1 aliphatic carbocycles. The lowest BCUT2D eigenvalue weighted by Gasteiger charge is -2.27. The van der Waals surface area contributed by atoms with Crippen LogP contribution in [0.2, 0.25) is 5.02 Å². The van der Waals surface area contributed by atoms with Crippen LogP contribution in [0, 0.1) is 11.7 Å². The Balaban J connectivity index is 1.63. The first kappa shape index (κ1) is 18.9. The second-order valence-electron chi connectivity index (χ2n) is 6.87. The summed E-state index contributed by atoms with van der Waals surface area (Å²) in [5.41, 5.74) is 2.36. The van der Waals surface area contributed by atoms with Crippen LogP contribution in [0.25, 0.3) is 11.1 Å². The largest absolute Gasteiger partial charge is 0.352 e. The summed E-state index contributed by atoms with van der Waals surface area (Å²) in [5, 5.41) is 6.84. The number of carbonyl (C=O) groups excluding carboxylic acids is 1. The average molecular weight is 375 g/mol. The molecule has 0 atom stereocenters. The van der Waals surface area contributed by atoms with Crippen molar-refractivity contribution in [3.05, 3.63) is 58.9 Å². The van der Waals surface area contributed by atoms with Gasteiger partial charge in [0.15, 0.2) is 0 Å². The number of halogens is 2. The Morgan fingerprint density at radius 2 is 1.73 bits per heavy atom. The molecule has 2 N–H and O–H groups in total. The monoisotopic (exact) mass is 374 g/mol. The second kappa shape index (κ2) is 8.65. The summed E-state index contributed by atoms with van der Waals surface area (Å²) in [4.78, 5) is 12.4.